The molecule has 0 amide bonds. The van der Waals surface area contributed by atoms with Crippen molar-refractivity contribution in [3.05, 3.63) is 59.7 Å². The van der Waals surface area contributed by atoms with Crippen molar-refractivity contribution in [2.75, 3.05) is 0 Å². The molecule has 10 atom stereocenters. The van der Waals surface area contributed by atoms with Crippen molar-refractivity contribution in [1.29, 1.82) is 0 Å². The first-order chi connectivity index (χ1) is 19.2. The van der Waals surface area contributed by atoms with E-state index < -0.39 is 78.8 Å². The molecule has 0 radical (unpaired) electrons. The molecule has 8 N–H and O–H groups in total. The lowest BCUT2D eigenvalue weighted by molar-refractivity contribution is -0.271. The molecule has 2 fully saturated rings. The van der Waals surface area contributed by atoms with Crippen molar-refractivity contribution in [1.82, 2.24) is 0 Å². The van der Waals surface area contributed by atoms with E-state index in [0.717, 1.165) is 11.1 Å². The molecular formula is C27H32O14. The Balaban J connectivity index is 1.43. The van der Waals surface area contributed by atoms with Gasteiger partial charge in [0.1, 0.15) is 48.1 Å². The summed E-state index contributed by atoms with van der Waals surface area (Å²) >= 11 is 0. The van der Waals surface area contributed by atoms with Gasteiger partial charge in [-0.05, 0) is 35.4 Å². The zero-order chi connectivity index (χ0) is 30.2. The Morgan fingerprint density at radius 2 is 0.902 bits per heavy atom. The second-order valence-corrected chi connectivity index (χ2v) is 10.4. The van der Waals surface area contributed by atoms with E-state index in [4.69, 9.17) is 18.9 Å². The summed E-state index contributed by atoms with van der Waals surface area (Å²) in [4.78, 5) is 22.6. The third-order valence-corrected chi connectivity index (χ3v) is 7.28. The molecule has 2 unspecified atom stereocenters. The summed E-state index contributed by atoms with van der Waals surface area (Å²) < 4.78 is 21.4. The van der Waals surface area contributed by atoms with E-state index in [2.05, 4.69) is 0 Å². The molecule has 14 nitrogen and oxygen atoms in total. The second-order valence-electron chi connectivity index (χ2n) is 10.4. The molecule has 2 saturated heterocycles. The van der Waals surface area contributed by atoms with Gasteiger partial charge in [0, 0.05) is 5.41 Å². The number of ether oxygens (including phenoxy) is 4. The first kappa shape index (κ1) is 30.6. The van der Waals surface area contributed by atoms with Gasteiger partial charge in [0.25, 0.3) is 0 Å². The fourth-order valence-corrected chi connectivity index (χ4v) is 4.63. The van der Waals surface area contributed by atoms with Crippen LogP contribution in [0.3, 0.4) is 0 Å². The number of carbonyl (C=O) groups is 2. The van der Waals surface area contributed by atoms with Gasteiger partial charge in [-0.3, -0.25) is 0 Å². The van der Waals surface area contributed by atoms with E-state index in [-0.39, 0.29) is 11.5 Å². The van der Waals surface area contributed by atoms with Gasteiger partial charge in [-0.15, -0.1) is 0 Å². The van der Waals surface area contributed by atoms with Crippen LogP contribution >= 0.6 is 0 Å². The van der Waals surface area contributed by atoms with Gasteiger partial charge in [-0.25, -0.2) is 9.59 Å². The van der Waals surface area contributed by atoms with Crippen LogP contribution in [0.1, 0.15) is 25.0 Å². The largest absolute Gasteiger partial charge is 0.479 e. The SMILES string of the molecule is CC(C)([13c]1[13cH][13cH][13c](O[C@@H]2O[C@H](C(=O)O)[C@@H](O)C(O)C2O)[13cH][13cH]1)[13c]1[13cH][13cH][13c](O[C@@H]2O[C@H](C(=O)O)[C@@H](O)[C@H](O)[C@H]2O)[13cH][13cH]1. The predicted molar refractivity (Wildman–Crippen MR) is 135 cm³/mol. The molecule has 2 aliphatic heterocycles. The predicted octanol–water partition coefficient (Wildman–Crippen LogP) is -1.45. The number of rotatable bonds is 8. The highest BCUT2D eigenvalue weighted by Crippen LogP contribution is 2.34. The first-order valence-corrected chi connectivity index (χ1v) is 12.6. The maximum absolute atomic E-state index is 11.3. The van der Waals surface area contributed by atoms with Crippen molar-refractivity contribution >= 4 is 11.9 Å². The van der Waals surface area contributed by atoms with E-state index in [1.165, 1.54) is 0 Å². The van der Waals surface area contributed by atoms with Gasteiger partial charge in [0.15, 0.2) is 12.2 Å². The number of hydrogen-bond donors (Lipinski definition) is 8. The van der Waals surface area contributed by atoms with E-state index in [0.29, 0.717) is 0 Å². The lowest BCUT2D eigenvalue weighted by Crippen LogP contribution is -2.61. The standard InChI is InChI=1S/C27H32O14/c1-27(2,11-3-7-13(8-4-11)38-25-19(32)15(28)17(30)21(40-25)23(34)35)12-5-9-14(10-6-12)39-26-20(33)16(29)18(31)22(41-26)24(36)37/h3-10,15-22,25-26,28-33H,1-2H3,(H,34,35)(H,36,37)/t15-,16?,17-,18-,19+,20?,21-,22-,25+,26+/m0/s1/i3+1,4+1,5+1,6+1,7+1,8+1,9+1,10+1,11+1,12+1,13+1,14+1. The molecule has 4 rings (SSSR count). The first-order valence-electron chi connectivity index (χ1n) is 12.6. The number of aliphatic carboxylic acids is 2. The number of benzene rings is 2. The molecular weight excluding hydrogens is 560 g/mol. The summed E-state index contributed by atoms with van der Waals surface area (Å²) in [7, 11) is 0. The van der Waals surface area contributed by atoms with Gasteiger partial charge < -0.3 is 59.8 Å². The number of hydrogen-bond acceptors (Lipinski definition) is 12. The summed E-state index contributed by atoms with van der Waals surface area (Å²) in [5.74, 6) is -2.62. The Hall–Kier alpha value is -3.34. The number of carboxylic acids is 2. The Kier molecular flexibility index (Phi) is 8.87. The van der Waals surface area contributed by atoms with E-state index >= 15 is 0 Å². The number of aliphatic hydroxyl groups excluding tert-OH is 6. The summed E-state index contributed by atoms with van der Waals surface area (Å²) in [5.41, 5.74) is 1.09. The van der Waals surface area contributed by atoms with Crippen LogP contribution in [0.2, 0.25) is 0 Å². The molecule has 41 heavy (non-hydrogen) atoms. The molecule has 0 bridgehead atoms. The van der Waals surface area contributed by atoms with Crippen LogP contribution in [0.15, 0.2) is 48.5 Å². The van der Waals surface area contributed by atoms with Gasteiger partial charge >= 0.3 is 11.9 Å². The minimum atomic E-state index is -1.83. The van der Waals surface area contributed by atoms with Gasteiger partial charge in [0.2, 0.25) is 12.6 Å². The Morgan fingerprint density at radius 3 is 1.20 bits per heavy atom. The van der Waals surface area contributed by atoms with Crippen LogP contribution in [0.4, 0.5) is 0 Å². The summed E-state index contributed by atoms with van der Waals surface area (Å²) in [6.45, 7) is 3.87. The Labute approximate surface area is 233 Å². The lowest BCUT2D eigenvalue weighted by Gasteiger charge is -2.38. The number of carboxylic acid groups (broad SMARTS) is 2. The maximum Gasteiger partial charge on any atom is 0.335 e. The van der Waals surface area contributed by atoms with E-state index in [9.17, 15) is 50.4 Å². The maximum atomic E-state index is 11.3. The zero-order valence-corrected chi connectivity index (χ0v) is 21.9. The average Bonchev–Trinajstić information content (AvgIpc) is 2.93. The van der Waals surface area contributed by atoms with E-state index in [1.807, 2.05) is 13.8 Å². The van der Waals surface area contributed by atoms with E-state index in [1.54, 1.807) is 48.5 Å². The molecule has 0 aromatic heterocycles. The van der Waals surface area contributed by atoms with Crippen molar-refractivity contribution in [2.45, 2.75) is 80.7 Å². The molecule has 2 aliphatic rings. The topological polar surface area (TPSA) is 233 Å². The zero-order valence-electron chi connectivity index (χ0n) is 21.9. The van der Waals surface area contributed by atoms with Crippen LogP contribution < -0.4 is 9.47 Å². The lowest BCUT2D eigenvalue weighted by atomic mass is 9.99. The molecule has 0 saturated carbocycles. The summed E-state index contributed by atoms with van der Waals surface area (Å²) in [6, 6.07) is 13.2. The highest BCUT2D eigenvalue weighted by molar-refractivity contribution is 5.73. The quantitative estimate of drug-likeness (QED) is 0.175. The van der Waals surface area contributed by atoms with Gasteiger partial charge in [-0.1, -0.05) is 38.1 Å². The van der Waals surface area contributed by atoms with Crippen molar-refractivity contribution in [2.24, 2.45) is 0 Å². The third kappa shape index (κ3) is 6.14. The van der Waals surface area contributed by atoms with Crippen molar-refractivity contribution in [3.8, 4) is 11.5 Å². The molecule has 0 spiro atoms. The fourth-order valence-electron chi connectivity index (χ4n) is 4.63. The molecule has 0 aliphatic carbocycles. The van der Waals surface area contributed by atoms with Crippen LogP contribution in [0, 0.1) is 0 Å². The molecule has 2 aromatic carbocycles. The molecule has 2 heterocycles. The minimum absolute atomic E-state index is 0.211. The highest BCUT2D eigenvalue weighted by Gasteiger charge is 2.49. The van der Waals surface area contributed by atoms with Crippen molar-refractivity contribution in [3.63, 3.8) is 0 Å². The normalized spacial score (nSPS) is 34.0. The minimum Gasteiger partial charge on any atom is -0.479 e. The van der Waals surface area contributed by atoms with Crippen LogP contribution in [0.25, 0.3) is 0 Å². The fraction of sp³-hybridized carbons (Fsp3) is 0.481. The Morgan fingerprint density at radius 1 is 0.585 bits per heavy atom. The van der Waals surface area contributed by atoms with Gasteiger partial charge in [0.05, 0.1) is 0 Å². The summed E-state index contributed by atoms with van der Waals surface area (Å²) in [6.07, 6.45) is -17.3. The molecule has 2 aromatic rings. The average molecular weight is 592 g/mol. The smallest absolute Gasteiger partial charge is 0.335 e. The molecule has 224 valence electrons. The van der Waals surface area contributed by atoms with Crippen molar-refractivity contribution < 1.29 is 69.4 Å². The third-order valence-electron chi connectivity index (χ3n) is 7.28. The van der Waals surface area contributed by atoms with Crippen LogP contribution in [-0.2, 0) is 24.5 Å². The second kappa shape index (κ2) is 11.9. The number of aliphatic hydroxyl groups is 6. The Bertz CT molecular complexity index is 1120. The van der Waals surface area contributed by atoms with Crippen LogP contribution in [-0.4, -0.2) is 114 Å². The highest BCUT2D eigenvalue weighted by atomic mass is 16.7. The summed E-state index contributed by atoms with van der Waals surface area (Å²) in [5, 5.41) is 78.3. The monoisotopic (exact) mass is 592 g/mol. The van der Waals surface area contributed by atoms with Gasteiger partial charge in [-0.2, -0.15) is 0 Å². The van der Waals surface area contributed by atoms with Crippen LogP contribution in [0.5, 0.6) is 11.5 Å². The molecule has 14 heteroatoms.